The van der Waals surface area contributed by atoms with Crippen molar-refractivity contribution in [1.82, 2.24) is 9.80 Å². The zero-order chi connectivity index (χ0) is 22.6. The summed E-state index contributed by atoms with van der Waals surface area (Å²) in [6.45, 7) is 7.58. The molecule has 0 N–H and O–H groups in total. The molecule has 4 heteroatoms. The number of carbonyl (C=O) groups is 2. The van der Waals surface area contributed by atoms with Crippen LogP contribution in [-0.2, 0) is 16.0 Å². The van der Waals surface area contributed by atoms with Gasteiger partial charge in [0.2, 0.25) is 11.8 Å². The summed E-state index contributed by atoms with van der Waals surface area (Å²) in [6, 6.07) is 16.9. The van der Waals surface area contributed by atoms with Gasteiger partial charge in [0, 0.05) is 33.6 Å². The van der Waals surface area contributed by atoms with E-state index in [-0.39, 0.29) is 11.8 Å². The van der Waals surface area contributed by atoms with Crippen molar-refractivity contribution in [2.75, 3.05) is 27.2 Å². The highest BCUT2D eigenvalue weighted by molar-refractivity contribution is 5.84. The van der Waals surface area contributed by atoms with Crippen molar-refractivity contribution in [2.24, 2.45) is 11.3 Å². The first-order chi connectivity index (χ1) is 14.7. The number of amides is 2. The fourth-order valence-corrected chi connectivity index (χ4v) is 4.78. The Morgan fingerprint density at radius 2 is 1.55 bits per heavy atom. The van der Waals surface area contributed by atoms with Crippen molar-refractivity contribution in [3.63, 3.8) is 0 Å². The molecule has 2 aromatic rings. The number of piperidine rings is 1. The SMILES string of the molecule is Cc1ccccc1-c1ccccc1CC1(C(=O)N(C)C)CCN(C(=O)CC(C)C)CC1. The fraction of sp³-hybridized carbons (Fsp3) is 0.481. The van der Waals surface area contributed by atoms with E-state index < -0.39 is 5.41 Å². The molecular weight excluding hydrogens is 384 g/mol. The van der Waals surface area contributed by atoms with Gasteiger partial charge < -0.3 is 9.80 Å². The maximum atomic E-state index is 13.4. The van der Waals surface area contributed by atoms with Gasteiger partial charge >= 0.3 is 0 Å². The van der Waals surface area contributed by atoms with Gasteiger partial charge in [0.25, 0.3) is 0 Å². The number of nitrogens with zero attached hydrogens (tertiary/aromatic N) is 2. The first-order valence-electron chi connectivity index (χ1n) is 11.4. The Balaban J connectivity index is 1.90. The van der Waals surface area contributed by atoms with E-state index in [1.807, 2.05) is 19.0 Å². The van der Waals surface area contributed by atoms with E-state index in [1.165, 1.54) is 22.3 Å². The Labute approximate surface area is 187 Å². The monoisotopic (exact) mass is 420 g/mol. The lowest BCUT2D eigenvalue weighted by Crippen LogP contribution is -2.51. The topological polar surface area (TPSA) is 40.6 Å². The van der Waals surface area contributed by atoms with E-state index in [2.05, 4.69) is 69.3 Å². The number of likely N-dealkylation sites (tertiary alicyclic amines) is 1. The van der Waals surface area contributed by atoms with Crippen molar-refractivity contribution in [3.05, 3.63) is 59.7 Å². The molecule has 0 radical (unpaired) electrons. The number of carbonyl (C=O) groups excluding carboxylic acids is 2. The third-order valence-corrected chi connectivity index (χ3v) is 6.50. The summed E-state index contributed by atoms with van der Waals surface area (Å²) in [6.07, 6.45) is 2.68. The van der Waals surface area contributed by atoms with Crippen LogP contribution in [0.5, 0.6) is 0 Å². The van der Waals surface area contributed by atoms with Gasteiger partial charge in [-0.05, 0) is 54.4 Å². The van der Waals surface area contributed by atoms with Crippen molar-refractivity contribution < 1.29 is 9.59 Å². The quantitative estimate of drug-likeness (QED) is 0.664. The third-order valence-electron chi connectivity index (χ3n) is 6.50. The summed E-state index contributed by atoms with van der Waals surface area (Å²) >= 11 is 0. The maximum Gasteiger partial charge on any atom is 0.228 e. The van der Waals surface area contributed by atoms with Crippen LogP contribution in [0.1, 0.15) is 44.2 Å². The van der Waals surface area contributed by atoms with E-state index in [9.17, 15) is 9.59 Å². The predicted molar refractivity (Wildman–Crippen MR) is 127 cm³/mol. The van der Waals surface area contributed by atoms with E-state index in [1.54, 1.807) is 4.90 Å². The maximum absolute atomic E-state index is 13.4. The van der Waals surface area contributed by atoms with Gasteiger partial charge in [-0.15, -0.1) is 0 Å². The normalized spacial score (nSPS) is 15.7. The van der Waals surface area contributed by atoms with Crippen LogP contribution in [0.2, 0.25) is 0 Å². The third kappa shape index (κ3) is 5.17. The summed E-state index contributed by atoms with van der Waals surface area (Å²) in [7, 11) is 3.68. The van der Waals surface area contributed by atoms with E-state index in [4.69, 9.17) is 0 Å². The Morgan fingerprint density at radius 1 is 0.968 bits per heavy atom. The standard InChI is InChI=1S/C27H36N2O2/c1-20(2)18-25(30)29-16-14-27(15-17-29,26(31)28(4)5)19-22-11-7-9-13-24(22)23-12-8-6-10-21(23)3/h6-13,20H,14-19H2,1-5H3. The average Bonchev–Trinajstić information content (AvgIpc) is 2.74. The van der Waals surface area contributed by atoms with Gasteiger partial charge in [-0.2, -0.15) is 0 Å². The van der Waals surface area contributed by atoms with Crippen molar-refractivity contribution >= 4 is 11.8 Å². The highest BCUT2D eigenvalue weighted by Gasteiger charge is 2.43. The Morgan fingerprint density at radius 3 is 2.13 bits per heavy atom. The number of benzene rings is 2. The van der Waals surface area contributed by atoms with Crippen LogP contribution in [0.25, 0.3) is 11.1 Å². The second kappa shape index (κ2) is 9.67. The van der Waals surface area contributed by atoms with Gasteiger partial charge in [-0.3, -0.25) is 9.59 Å². The molecular formula is C27H36N2O2. The van der Waals surface area contributed by atoms with Gasteiger partial charge in [-0.25, -0.2) is 0 Å². The van der Waals surface area contributed by atoms with Gasteiger partial charge in [-0.1, -0.05) is 62.4 Å². The first kappa shape index (κ1) is 23.1. The molecule has 4 nitrogen and oxygen atoms in total. The molecule has 0 bridgehead atoms. The molecule has 1 aliphatic heterocycles. The highest BCUT2D eigenvalue weighted by Crippen LogP contribution is 2.40. The zero-order valence-corrected chi connectivity index (χ0v) is 19.6. The molecule has 0 atom stereocenters. The zero-order valence-electron chi connectivity index (χ0n) is 19.6. The summed E-state index contributed by atoms with van der Waals surface area (Å²) in [4.78, 5) is 29.7. The highest BCUT2D eigenvalue weighted by atomic mass is 16.2. The van der Waals surface area contributed by atoms with Crippen LogP contribution in [0.4, 0.5) is 0 Å². The molecule has 166 valence electrons. The van der Waals surface area contributed by atoms with Crippen LogP contribution in [0.3, 0.4) is 0 Å². The molecule has 1 saturated heterocycles. The average molecular weight is 421 g/mol. The van der Waals surface area contributed by atoms with Crippen LogP contribution < -0.4 is 0 Å². The van der Waals surface area contributed by atoms with Crippen molar-refractivity contribution in [1.29, 1.82) is 0 Å². The minimum absolute atomic E-state index is 0.169. The molecule has 3 rings (SSSR count). The molecule has 0 unspecified atom stereocenters. The van der Waals surface area contributed by atoms with Crippen molar-refractivity contribution in [2.45, 2.75) is 46.5 Å². The lowest BCUT2D eigenvalue weighted by molar-refractivity contribution is -0.146. The van der Waals surface area contributed by atoms with Crippen LogP contribution in [-0.4, -0.2) is 48.8 Å². The molecule has 31 heavy (non-hydrogen) atoms. The lowest BCUT2D eigenvalue weighted by atomic mass is 9.71. The second-order valence-corrected chi connectivity index (χ2v) is 9.61. The smallest absolute Gasteiger partial charge is 0.228 e. The summed E-state index contributed by atoms with van der Waals surface area (Å²) in [5.41, 5.74) is 4.38. The molecule has 0 aliphatic carbocycles. The number of rotatable bonds is 6. The summed E-state index contributed by atoms with van der Waals surface area (Å²) in [5, 5.41) is 0. The summed E-state index contributed by atoms with van der Waals surface area (Å²) < 4.78 is 0. The predicted octanol–water partition coefficient (Wildman–Crippen LogP) is 4.95. The lowest BCUT2D eigenvalue weighted by Gasteiger charge is -2.42. The molecule has 1 aliphatic rings. The first-order valence-corrected chi connectivity index (χ1v) is 11.4. The van der Waals surface area contributed by atoms with E-state index >= 15 is 0 Å². The fourth-order valence-electron chi connectivity index (χ4n) is 4.78. The Hall–Kier alpha value is -2.62. The van der Waals surface area contributed by atoms with Gasteiger partial charge in [0.1, 0.15) is 0 Å². The molecule has 0 saturated carbocycles. The van der Waals surface area contributed by atoms with Crippen LogP contribution in [0.15, 0.2) is 48.5 Å². The molecule has 0 aromatic heterocycles. The second-order valence-electron chi connectivity index (χ2n) is 9.61. The Kier molecular flexibility index (Phi) is 7.19. The Bertz CT molecular complexity index is 924. The number of hydrogen-bond donors (Lipinski definition) is 0. The van der Waals surface area contributed by atoms with Gasteiger partial charge in [0.05, 0.1) is 5.41 Å². The number of aryl methyl sites for hydroxylation is 1. The van der Waals surface area contributed by atoms with Crippen LogP contribution >= 0.6 is 0 Å². The minimum atomic E-state index is -0.475. The van der Waals surface area contributed by atoms with Crippen LogP contribution in [0, 0.1) is 18.3 Å². The minimum Gasteiger partial charge on any atom is -0.348 e. The van der Waals surface area contributed by atoms with Crippen molar-refractivity contribution in [3.8, 4) is 11.1 Å². The molecule has 2 aromatic carbocycles. The molecule has 1 fully saturated rings. The number of hydrogen-bond acceptors (Lipinski definition) is 2. The molecule has 2 amide bonds. The van der Waals surface area contributed by atoms with E-state index in [0.717, 1.165) is 0 Å². The largest absolute Gasteiger partial charge is 0.348 e. The molecule has 0 spiro atoms. The van der Waals surface area contributed by atoms with E-state index in [0.29, 0.717) is 44.7 Å². The molecule has 1 heterocycles. The van der Waals surface area contributed by atoms with Gasteiger partial charge in [0.15, 0.2) is 0 Å². The summed E-state index contributed by atoms with van der Waals surface area (Å²) in [5.74, 6) is 0.729.